The Labute approximate surface area is 84.3 Å². The fourth-order valence-electron chi connectivity index (χ4n) is 1.12. The molecule has 0 aromatic carbocycles. The van der Waals surface area contributed by atoms with Gasteiger partial charge >= 0.3 is 0 Å². The lowest BCUT2D eigenvalue weighted by Crippen LogP contribution is -1.82. The van der Waals surface area contributed by atoms with Gasteiger partial charge in [-0.15, -0.1) is 6.58 Å². The first kappa shape index (κ1) is 10.4. The van der Waals surface area contributed by atoms with Crippen LogP contribution in [0.5, 0.6) is 0 Å². The molecule has 0 saturated heterocycles. The van der Waals surface area contributed by atoms with Crippen LogP contribution >= 0.6 is 0 Å². The van der Waals surface area contributed by atoms with E-state index in [1.54, 1.807) is 12.3 Å². The average Bonchev–Trinajstić information content (AvgIpc) is 2.20. The van der Waals surface area contributed by atoms with Gasteiger partial charge in [0.25, 0.3) is 0 Å². The van der Waals surface area contributed by atoms with Crippen LogP contribution in [-0.2, 0) is 0 Å². The highest BCUT2D eigenvalue weighted by Gasteiger charge is 1.94. The van der Waals surface area contributed by atoms with E-state index in [9.17, 15) is 0 Å². The van der Waals surface area contributed by atoms with Crippen molar-refractivity contribution in [3.8, 4) is 0 Å². The largest absolute Gasteiger partial charge is 0.264 e. The highest BCUT2D eigenvalue weighted by atomic mass is 14.7. The summed E-state index contributed by atoms with van der Waals surface area (Å²) < 4.78 is 0. The van der Waals surface area contributed by atoms with Crippen LogP contribution in [0.1, 0.15) is 12.5 Å². The first-order chi connectivity index (χ1) is 6.79. The second-order valence-corrected chi connectivity index (χ2v) is 2.93. The standard InChI is InChI=1S/C9H8N2.C3H6/c1-7-2-5-11-9-3-4-10-6-8(7)9;1-3-2/h2-6H,1H3;3H,1H2,2H3. The van der Waals surface area contributed by atoms with E-state index >= 15 is 0 Å². The maximum atomic E-state index is 4.20. The molecule has 0 aliphatic carbocycles. The zero-order chi connectivity index (χ0) is 10.4. The normalized spacial score (nSPS) is 9.00. The maximum Gasteiger partial charge on any atom is 0.0735 e. The molecule has 2 aromatic heterocycles. The number of rotatable bonds is 0. The Bertz CT molecular complexity index is 416. The summed E-state index contributed by atoms with van der Waals surface area (Å²) in [6.45, 7) is 7.31. The third kappa shape index (κ3) is 2.39. The lowest BCUT2D eigenvalue weighted by Gasteiger charge is -1.97. The second kappa shape index (κ2) is 5.12. The van der Waals surface area contributed by atoms with Crippen molar-refractivity contribution >= 4 is 10.9 Å². The Morgan fingerprint density at radius 1 is 1.29 bits per heavy atom. The van der Waals surface area contributed by atoms with Gasteiger partial charge in [-0.1, -0.05) is 6.08 Å². The van der Waals surface area contributed by atoms with Crippen molar-refractivity contribution in [1.29, 1.82) is 0 Å². The molecule has 0 aliphatic heterocycles. The Kier molecular flexibility index (Phi) is 3.80. The quantitative estimate of drug-likeness (QED) is 0.591. The molecule has 0 bridgehead atoms. The molecule has 0 radical (unpaired) electrons. The Balaban J connectivity index is 0.000000293. The van der Waals surface area contributed by atoms with E-state index in [0.29, 0.717) is 0 Å². The minimum absolute atomic E-state index is 1.01. The van der Waals surface area contributed by atoms with Gasteiger partial charge in [0, 0.05) is 24.0 Å². The molecule has 0 saturated carbocycles. The van der Waals surface area contributed by atoms with E-state index in [2.05, 4.69) is 23.5 Å². The Morgan fingerprint density at radius 2 is 2.00 bits per heavy atom. The summed E-state index contributed by atoms with van der Waals surface area (Å²) in [4.78, 5) is 8.24. The monoisotopic (exact) mass is 186 g/mol. The Morgan fingerprint density at radius 3 is 2.64 bits per heavy atom. The van der Waals surface area contributed by atoms with Crippen molar-refractivity contribution in [2.45, 2.75) is 13.8 Å². The summed E-state index contributed by atoms with van der Waals surface area (Å²) in [6, 6.07) is 3.91. The van der Waals surface area contributed by atoms with Gasteiger partial charge in [-0.2, -0.15) is 0 Å². The molecule has 0 fully saturated rings. The second-order valence-electron chi connectivity index (χ2n) is 2.93. The van der Waals surface area contributed by atoms with E-state index in [1.165, 1.54) is 5.56 Å². The topological polar surface area (TPSA) is 25.8 Å². The van der Waals surface area contributed by atoms with E-state index in [1.807, 2.05) is 31.5 Å². The summed E-state index contributed by atoms with van der Waals surface area (Å²) in [7, 11) is 0. The van der Waals surface area contributed by atoms with Crippen molar-refractivity contribution in [3.63, 3.8) is 0 Å². The third-order valence-corrected chi connectivity index (χ3v) is 1.76. The van der Waals surface area contributed by atoms with Gasteiger partial charge in [-0.25, -0.2) is 0 Å². The van der Waals surface area contributed by atoms with Crippen molar-refractivity contribution < 1.29 is 0 Å². The molecule has 0 spiro atoms. The Hall–Kier alpha value is -1.70. The molecule has 14 heavy (non-hydrogen) atoms. The maximum absolute atomic E-state index is 4.20. The van der Waals surface area contributed by atoms with Gasteiger partial charge in [0.15, 0.2) is 0 Å². The van der Waals surface area contributed by atoms with Gasteiger partial charge in [0.05, 0.1) is 5.52 Å². The minimum atomic E-state index is 1.01. The molecule has 0 unspecified atom stereocenters. The van der Waals surface area contributed by atoms with Crippen LogP contribution in [0, 0.1) is 6.92 Å². The van der Waals surface area contributed by atoms with Gasteiger partial charge in [-0.05, 0) is 31.5 Å². The van der Waals surface area contributed by atoms with Crippen LogP contribution in [-0.4, -0.2) is 9.97 Å². The van der Waals surface area contributed by atoms with E-state index in [-0.39, 0.29) is 0 Å². The van der Waals surface area contributed by atoms with Crippen LogP contribution in [0.15, 0.2) is 43.4 Å². The lowest BCUT2D eigenvalue weighted by molar-refractivity contribution is 1.30. The first-order valence-corrected chi connectivity index (χ1v) is 4.52. The van der Waals surface area contributed by atoms with Gasteiger partial charge in [0.2, 0.25) is 0 Å². The number of hydrogen-bond donors (Lipinski definition) is 0. The summed E-state index contributed by atoms with van der Waals surface area (Å²) >= 11 is 0. The van der Waals surface area contributed by atoms with E-state index in [4.69, 9.17) is 0 Å². The van der Waals surface area contributed by atoms with Crippen LogP contribution in [0.2, 0.25) is 0 Å². The van der Waals surface area contributed by atoms with Crippen LogP contribution in [0.3, 0.4) is 0 Å². The highest BCUT2D eigenvalue weighted by Crippen LogP contribution is 2.12. The van der Waals surface area contributed by atoms with Crippen molar-refractivity contribution in [2.75, 3.05) is 0 Å². The molecule has 2 nitrogen and oxygen atoms in total. The van der Waals surface area contributed by atoms with Crippen LogP contribution in [0.4, 0.5) is 0 Å². The zero-order valence-corrected chi connectivity index (χ0v) is 8.57. The molecule has 72 valence electrons. The van der Waals surface area contributed by atoms with Gasteiger partial charge in [-0.3, -0.25) is 9.97 Å². The van der Waals surface area contributed by atoms with Crippen LogP contribution < -0.4 is 0 Å². The van der Waals surface area contributed by atoms with Gasteiger partial charge < -0.3 is 0 Å². The molecular formula is C12H14N2. The van der Waals surface area contributed by atoms with E-state index in [0.717, 1.165) is 10.9 Å². The molecule has 2 heteroatoms. The fraction of sp³-hybridized carbons (Fsp3) is 0.167. The molecule has 2 heterocycles. The molecule has 0 aliphatic rings. The number of pyridine rings is 2. The van der Waals surface area contributed by atoms with E-state index < -0.39 is 0 Å². The smallest absolute Gasteiger partial charge is 0.0735 e. The summed E-state index contributed by atoms with van der Waals surface area (Å²) in [6.07, 6.45) is 7.17. The zero-order valence-electron chi connectivity index (χ0n) is 8.57. The predicted molar refractivity (Wildman–Crippen MR) is 60.1 cm³/mol. The van der Waals surface area contributed by atoms with Gasteiger partial charge in [0.1, 0.15) is 0 Å². The SMILES string of the molecule is C=CC.Cc1ccnc2ccncc12. The fourth-order valence-corrected chi connectivity index (χ4v) is 1.12. The first-order valence-electron chi connectivity index (χ1n) is 4.52. The summed E-state index contributed by atoms with van der Waals surface area (Å²) in [5.74, 6) is 0. The summed E-state index contributed by atoms with van der Waals surface area (Å²) in [5, 5.41) is 1.13. The molecular weight excluding hydrogens is 172 g/mol. The molecule has 2 rings (SSSR count). The van der Waals surface area contributed by atoms with Crippen molar-refractivity contribution in [1.82, 2.24) is 9.97 Å². The molecule has 2 aromatic rings. The third-order valence-electron chi connectivity index (χ3n) is 1.76. The lowest BCUT2D eigenvalue weighted by atomic mass is 10.2. The predicted octanol–water partition coefficient (Wildman–Crippen LogP) is 3.13. The van der Waals surface area contributed by atoms with Crippen molar-refractivity contribution in [2.24, 2.45) is 0 Å². The molecule has 0 N–H and O–H groups in total. The summed E-state index contributed by atoms with van der Waals surface area (Å²) in [5.41, 5.74) is 2.24. The highest BCUT2D eigenvalue weighted by molar-refractivity contribution is 5.80. The number of hydrogen-bond acceptors (Lipinski definition) is 2. The average molecular weight is 186 g/mol. The molecule has 0 amide bonds. The number of aryl methyl sites for hydroxylation is 1. The van der Waals surface area contributed by atoms with Crippen molar-refractivity contribution in [3.05, 3.63) is 48.9 Å². The number of allylic oxidation sites excluding steroid dienone is 1. The number of nitrogens with zero attached hydrogens (tertiary/aromatic N) is 2. The van der Waals surface area contributed by atoms with Crippen LogP contribution in [0.25, 0.3) is 10.9 Å². The minimum Gasteiger partial charge on any atom is -0.264 e. The number of fused-ring (bicyclic) bond motifs is 1. The number of aromatic nitrogens is 2. The molecule has 0 atom stereocenters.